The van der Waals surface area contributed by atoms with Crippen molar-refractivity contribution in [1.29, 1.82) is 0 Å². The third-order valence-electron chi connectivity index (χ3n) is 11.7. The fourth-order valence-electron chi connectivity index (χ4n) is 9.74. The summed E-state index contributed by atoms with van der Waals surface area (Å²) in [5, 5.41) is 21.8. The van der Waals surface area contributed by atoms with E-state index in [-0.39, 0.29) is 35.4 Å². The number of hydrogen-bond acceptors (Lipinski definition) is 11. The number of fused-ring (bicyclic) bond motifs is 5. The SMILES string of the molecule is CC(C)=CC(=O)C/C(C)=C1/CC[C@H]2[C@@H]3C[C@H](O[C@@H]4O[C@H](C)[C@@H](OS(=O)(=O)O)[C@H](O)[C@H]4O)[C@H]4C[C@@H](OS(=O)(=O)O)CC[C@]4(C)C3=CC[C@]12C. The molecule has 272 valence electrons. The number of carbonyl (C=O) groups is 1. The highest BCUT2D eigenvalue weighted by molar-refractivity contribution is 7.81. The molecule has 1 aliphatic heterocycles. The van der Waals surface area contributed by atoms with Crippen LogP contribution in [0.15, 0.2) is 34.4 Å². The molecule has 1 heterocycles. The lowest BCUT2D eigenvalue weighted by Crippen LogP contribution is -2.61. The molecule has 5 aliphatic rings. The normalized spacial score (nSPS) is 42.6. The molecule has 0 unspecified atom stereocenters. The molecule has 13 nitrogen and oxygen atoms in total. The van der Waals surface area contributed by atoms with Crippen molar-refractivity contribution in [2.45, 2.75) is 136 Å². The van der Waals surface area contributed by atoms with E-state index in [1.54, 1.807) is 6.08 Å². The second kappa shape index (κ2) is 13.5. The summed E-state index contributed by atoms with van der Waals surface area (Å²) in [5.41, 5.74) is 4.00. The monoisotopic (exact) mass is 718 g/mol. The van der Waals surface area contributed by atoms with Gasteiger partial charge in [-0.15, -0.1) is 0 Å². The highest BCUT2D eigenvalue weighted by atomic mass is 32.3. The molecule has 0 aromatic carbocycles. The van der Waals surface area contributed by atoms with Crippen LogP contribution >= 0.6 is 0 Å². The van der Waals surface area contributed by atoms with Gasteiger partial charge in [-0.05, 0) is 107 Å². The van der Waals surface area contributed by atoms with Gasteiger partial charge in [0.2, 0.25) is 0 Å². The molecule has 4 fully saturated rings. The van der Waals surface area contributed by atoms with Crippen LogP contribution in [0, 0.1) is 28.6 Å². The first-order chi connectivity index (χ1) is 22.1. The van der Waals surface area contributed by atoms with Gasteiger partial charge >= 0.3 is 20.8 Å². The zero-order chi connectivity index (χ0) is 35.6. The molecular weight excluding hydrogens is 668 g/mol. The Hall–Kier alpha value is -1.53. The third kappa shape index (κ3) is 7.55. The number of ether oxygens (including phenoxy) is 2. The maximum absolute atomic E-state index is 12.7. The Balaban J connectivity index is 1.47. The van der Waals surface area contributed by atoms with Crippen LogP contribution in [0.2, 0.25) is 0 Å². The van der Waals surface area contributed by atoms with Gasteiger partial charge in [-0.25, -0.2) is 8.37 Å². The van der Waals surface area contributed by atoms with Crippen molar-refractivity contribution in [2.75, 3.05) is 0 Å². The van der Waals surface area contributed by atoms with Crippen LogP contribution < -0.4 is 0 Å². The van der Waals surface area contributed by atoms with Crippen molar-refractivity contribution in [3.05, 3.63) is 34.4 Å². The van der Waals surface area contributed by atoms with Crippen molar-refractivity contribution in [1.82, 2.24) is 0 Å². The van der Waals surface area contributed by atoms with Gasteiger partial charge in [0.15, 0.2) is 12.1 Å². The molecular formula is C33H50O13S2. The molecule has 0 amide bonds. The average molecular weight is 719 g/mol. The van der Waals surface area contributed by atoms with Gasteiger partial charge in [-0.1, -0.05) is 42.2 Å². The van der Waals surface area contributed by atoms with E-state index >= 15 is 0 Å². The number of aliphatic hydroxyl groups excluding tert-OH is 2. The summed E-state index contributed by atoms with van der Waals surface area (Å²) < 4.78 is 86.8. The van der Waals surface area contributed by atoms with E-state index < -0.39 is 69.1 Å². The van der Waals surface area contributed by atoms with Crippen LogP contribution in [0.4, 0.5) is 0 Å². The van der Waals surface area contributed by atoms with Gasteiger partial charge in [-0.2, -0.15) is 16.8 Å². The van der Waals surface area contributed by atoms with Crippen molar-refractivity contribution >= 4 is 26.6 Å². The Morgan fingerprint density at radius 1 is 0.979 bits per heavy atom. The fourth-order valence-corrected chi connectivity index (χ4v) is 10.8. The number of hydrogen-bond donors (Lipinski definition) is 4. The first kappa shape index (κ1) is 37.7. The van der Waals surface area contributed by atoms with Crippen LogP contribution in [0.3, 0.4) is 0 Å². The number of rotatable bonds is 9. The minimum Gasteiger partial charge on any atom is -0.387 e. The first-order valence-electron chi connectivity index (χ1n) is 16.7. The Bertz CT molecular complexity index is 1580. The second-order valence-corrected chi connectivity index (χ2v) is 17.3. The van der Waals surface area contributed by atoms with E-state index in [4.69, 9.17) is 13.7 Å². The predicted octanol–water partition coefficient (Wildman–Crippen LogP) is 4.03. The summed E-state index contributed by atoms with van der Waals surface area (Å²) in [5.74, 6) is 0.0494. The fraction of sp³-hybridized carbons (Fsp3) is 0.788. The molecule has 4 aliphatic carbocycles. The molecule has 0 spiro atoms. The maximum atomic E-state index is 12.7. The summed E-state index contributed by atoms with van der Waals surface area (Å²) in [6.07, 6.45) is -0.374. The van der Waals surface area contributed by atoms with E-state index in [2.05, 4.69) is 24.1 Å². The van der Waals surface area contributed by atoms with Gasteiger partial charge in [-0.3, -0.25) is 13.9 Å². The van der Waals surface area contributed by atoms with E-state index in [0.717, 1.165) is 30.4 Å². The third-order valence-corrected chi connectivity index (χ3v) is 12.7. The molecule has 0 bridgehead atoms. The summed E-state index contributed by atoms with van der Waals surface area (Å²) in [7, 11) is -9.67. The lowest BCUT2D eigenvalue weighted by molar-refractivity contribution is -0.312. The number of aliphatic hydroxyl groups is 2. The predicted molar refractivity (Wildman–Crippen MR) is 173 cm³/mol. The quantitative estimate of drug-likeness (QED) is 0.151. The highest BCUT2D eigenvalue weighted by Crippen LogP contribution is 2.66. The average Bonchev–Trinajstić information content (AvgIpc) is 3.30. The Morgan fingerprint density at radius 2 is 1.65 bits per heavy atom. The van der Waals surface area contributed by atoms with Crippen LogP contribution in [0.5, 0.6) is 0 Å². The molecule has 3 saturated carbocycles. The van der Waals surface area contributed by atoms with E-state index in [1.807, 2.05) is 20.8 Å². The molecule has 15 heteroatoms. The van der Waals surface area contributed by atoms with Gasteiger partial charge in [0, 0.05) is 6.42 Å². The summed E-state index contributed by atoms with van der Waals surface area (Å²) >= 11 is 0. The van der Waals surface area contributed by atoms with Crippen LogP contribution in [0.1, 0.15) is 92.9 Å². The molecule has 0 aromatic heterocycles. The lowest BCUT2D eigenvalue weighted by atomic mass is 9.48. The molecule has 5 rings (SSSR count). The topological polar surface area (TPSA) is 203 Å². The number of allylic oxidation sites excluding steroid dienone is 6. The standard InChI is InChI=1S/C33H50O13S2/c1-17(2)13-20(34)14-18(3)23-7-8-24-22-16-27(44-31-29(36)28(35)30(19(4)43-31)46-48(40,41)42)26-15-21(45-47(37,38)39)9-11-33(26,6)25(22)10-12-32(23,24)5/h10,13,19,21-22,24,26-31,35-36H,7-9,11-12,14-16H2,1-6H3,(H,37,38,39)(H,40,41,42)/b23-18-/t19-,21+,22+,24+,26-,27+,28-,29-,30-,31+,32-,33-/m1/s1. The van der Waals surface area contributed by atoms with E-state index in [9.17, 15) is 40.9 Å². The second-order valence-electron chi connectivity index (χ2n) is 15.2. The zero-order valence-corrected chi connectivity index (χ0v) is 30.0. The minimum absolute atomic E-state index is 0.0616. The number of carbonyl (C=O) groups excluding carboxylic acids is 1. The van der Waals surface area contributed by atoms with E-state index in [1.165, 1.54) is 18.1 Å². The van der Waals surface area contributed by atoms with Gasteiger partial charge in [0.1, 0.15) is 18.3 Å². The maximum Gasteiger partial charge on any atom is 0.397 e. The van der Waals surface area contributed by atoms with Crippen LogP contribution in [0.25, 0.3) is 0 Å². The molecule has 4 N–H and O–H groups in total. The Labute approximate surface area is 283 Å². The zero-order valence-electron chi connectivity index (χ0n) is 28.4. The summed E-state index contributed by atoms with van der Waals surface area (Å²) in [4.78, 5) is 12.7. The largest absolute Gasteiger partial charge is 0.397 e. The summed E-state index contributed by atoms with van der Waals surface area (Å²) in [6.45, 7) is 11.7. The Morgan fingerprint density at radius 3 is 2.27 bits per heavy atom. The van der Waals surface area contributed by atoms with Gasteiger partial charge in [0.05, 0.1) is 18.3 Å². The van der Waals surface area contributed by atoms with Crippen LogP contribution in [-0.4, -0.2) is 84.9 Å². The molecule has 1 saturated heterocycles. The molecule has 0 radical (unpaired) electrons. The van der Waals surface area contributed by atoms with Crippen molar-refractivity contribution in [3.63, 3.8) is 0 Å². The molecule has 12 atom stereocenters. The number of ketones is 1. The lowest BCUT2D eigenvalue weighted by Gasteiger charge is -2.59. The van der Waals surface area contributed by atoms with Gasteiger partial charge in [0.25, 0.3) is 0 Å². The van der Waals surface area contributed by atoms with Crippen molar-refractivity contribution in [2.24, 2.45) is 28.6 Å². The molecule has 0 aromatic rings. The molecule has 48 heavy (non-hydrogen) atoms. The highest BCUT2D eigenvalue weighted by Gasteiger charge is 2.60. The van der Waals surface area contributed by atoms with E-state index in [0.29, 0.717) is 25.7 Å². The minimum atomic E-state index is -4.96. The van der Waals surface area contributed by atoms with Crippen molar-refractivity contribution in [3.8, 4) is 0 Å². The van der Waals surface area contributed by atoms with Gasteiger partial charge < -0.3 is 19.7 Å². The Kier molecular flexibility index (Phi) is 10.6. The van der Waals surface area contributed by atoms with Crippen LogP contribution in [-0.2, 0) is 43.4 Å². The first-order valence-corrected chi connectivity index (χ1v) is 19.4. The summed E-state index contributed by atoms with van der Waals surface area (Å²) in [6, 6.07) is 0. The van der Waals surface area contributed by atoms with Crippen molar-refractivity contribution < 1.29 is 58.8 Å². The smallest absolute Gasteiger partial charge is 0.387 e.